The fourth-order valence-corrected chi connectivity index (χ4v) is 8.95. The van der Waals surface area contributed by atoms with Crippen molar-refractivity contribution in [3.8, 4) is 22.6 Å². The molecule has 0 amide bonds. The first-order chi connectivity index (χ1) is 22.8. The number of hydrogen-bond donors (Lipinski definition) is 2. The Bertz CT molecular complexity index is 2140. The van der Waals surface area contributed by atoms with Gasteiger partial charge in [-0.05, 0) is 131 Å². The molecule has 3 aromatic carbocycles. The highest BCUT2D eigenvalue weighted by atomic mass is 32.2. The molecule has 1 aliphatic carbocycles. The van der Waals surface area contributed by atoms with Crippen molar-refractivity contribution in [3.63, 3.8) is 0 Å². The summed E-state index contributed by atoms with van der Waals surface area (Å²) in [6.45, 7) is 7.59. The van der Waals surface area contributed by atoms with Crippen LogP contribution in [0.3, 0.4) is 0 Å². The minimum absolute atomic E-state index is 0.0433. The Labute approximate surface area is 282 Å². The highest BCUT2D eigenvalue weighted by Gasteiger charge is 2.44. The molecule has 9 heteroatoms. The van der Waals surface area contributed by atoms with Gasteiger partial charge in [-0.25, -0.2) is 12.4 Å². The molecule has 0 unspecified atom stereocenters. The third kappa shape index (κ3) is 5.99. The molecule has 8 nitrogen and oxygen atoms in total. The second-order valence-electron chi connectivity index (χ2n) is 14.4. The van der Waals surface area contributed by atoms with Crippen LogP contribution in [0.5, 0.6) is 11.5 Å². The van der Waals surface area contributed by atoms with E-state index in [4.69, 9.17) is 4.74 Å². The lowest BCUT2D eigenvalue weighted by Gasteiger charge is -2.50. The Morgan fingerprint density at radius 2 is 1.65 bits per heavy atom. The van der Waals surface area contributed by atoms with Gasteiger partial charge in [0, 0.05) is 36.0 Å². The van der Waals surface area contributed by atoms with Crippen molar-refractivity contribution in [2.45, 2.75) is 63.4 Å². The molecular weight excluding hydrogens is 623 g/mol. The molecule has 2 aliphatic rings. The second-order valence-corrected chi connectivity index (χ2v) is 16.2. The fourth-order valence-electron chi connectivity index (χ4n) is 7.61. The SMILES string of the molecule is Cc1ccc(S(=O)(=O)n2ccc3c(-c4cc(C(C)(C)O)ccc4Oc4ccc(CC5CC6(CCNCC6)C5)cc4)cn(C)c(=O)c32)cc1. The number of fused-ring (bicyclic) bond motifs is 1. The monoisotopic (exact) mass is 665 g/mol. The van der Waals surface area contributed by atoms with Gasteiger partial charge in [0.1, 0.15) is 17.0 Å². The van der Waals surface area contributed by atoms with E-state index >= 15 is 0 Å². The van der Waals surface area contributed by atoms with E-state index in [-0.39, 0.29) is 10.4 Å². The average Bonchev–Trinajstić information content (AvgIpc) is 3.50. The van der Waals surface area contributed by atoms with E-state index in [0.29, 0.717) is 39.0 Å². The Kier molecular flexibility index (Phi) is 8.13. The molecule has 0 bridgehead atoms. The minimum atomic E-state index is -4.06. The Hall–Kier alpha value is -4.18. The molecule has 1 aliphatic heterocycles. The smallest absolute Gasteiger partial charge is 0.275 e. The van der Waals surface area contributed by atoms with Crippen LogP contribution in [-0.4, -0.2) is 35.2 Å². The predicted molar refractivity (Wildman–Crippen MR) is 189 cm³/mol. The molecule has 2 fully saturated rings. The summed E-state index contributed by atoms with van der Waals surface area (Å²) in [6, 6.07) is 22.0. The van der Waals surface area contributed by atoms with E-state index in [0.717, 1.165) is 35.0 Å². The van der Waals surface area contributed by atoms with E-state index in [9.17, 15) is 18.3 Å². The maximum atomic E-state index is 13.8. The first-order valence-electron chi connectivity index (χ1n) is 16.7. The number of nitrogens with one attached hydrogen (secondary N) is 1. The summed E-state index contributed by atoms with van der Waals surface area (Å²) < 4.78 is 36.5. The van der Waals surface area contributed by atoms with Crippen molar-refractivity contribution in [1.29, 1.82) is 0 Å². The largest absolute Gasteiger partial charge is 0.457 e. The molecular formula is C39H43N3O5S. The maximum Gasteiger partial charge on any atom is 0.275 e. The molecule has 5 aromatic rings. The van der Waals surface area contributed by atoms with Gasteiger partial charge in [0.05, 0.1) is 10.5 Å². The van der Waals surface area contributed by atoms with Crippen LogP contribution in [0, 0.1) is 18.3 Å². The molecule has 7 rings (SSSR count). The predicted octanol–water partition coefficient (Wildman–Crippen LogP) is 6.89. The van der Waals surface area contributed by atoms with Gasteiger partial charge in [0.2, 0.25) is 0 Å². The molecule has 0 radical (unpaired) electrons. The molecule has 1 spiro atoms. The Morgan fingerprint density at radius 3 is 2.31 bits per heavy atom. The van der Waals surface area contributed by atoms with Gasteiger partial charge in [-0.15, -0.1) is 0 Å². The van der Waals surface area contributed by atoms with Crippen molar-refractivity contribution < 1.29 is 18.3 Å². The van der Waals surface area contributed by atoms with Crippen LogP contribution in [-0.2, 0) is 29.1 Å². The zero-order chi connectivity index (χ0) is 33.8. The van der Waals surface area contributed by atoms with Crippen LogP contribution in [0.4, 0.5) is 0 Å². The standard InChI is InChI=1S/C39H43N3O5S/c1-26-5-12-31(13-6-26)48(45,46)42-20-15-32-34(25-41(4)37(43)36(32)42)33-22-29(38(2,3)44)9-14-35(33)47-30-10-7-27(8-11-30)21-28-23-39(24-28)16-18-40-19-17-39/h5-15,20,22,25,28,40,44H,16-19,21,23-24H2,1-4H3. The number of aromatic nitrogens is 2. The molecule has 2 aromatic heterocycles. The lowest BCUT2D eigenvalue weighted by Crippen LogP contribution is -2.45. The van der Waals surface area contributed by atoms with E-state index in [1.54, 1.807) is 57.4 Å². The minimum Gasteiger partial charge on any atom is -0.457 e. The van der Waals surface area contributed by atoms with E-state index in [1.165, 1.54) is 42.0 Å². The normalized spacial score (nSPS) is 16.7. The number of pyridine rings is 1. The van der Waals surface area contributed by atoms with Crippen LogP contribution in [0.1, 0.15) is 56.2 Å². The van der Waals surface area contributed by atoms with Crippen molar-refractivity contribution in [2.24, 2.45) is 18.4 Å². The molecule has 250 valence electrons. The summed E-state index contributed by atoms with van der Waals surface area (Å²) in [4.78, 5) is 13.6. The highest BCUT2D eigenvalue weighted by molar-refractivity contribution is 7.90. The van der Waals surface area contributed by atoms with E-state index in [1.807, 2.05) is 37.3 Å². The zero-order valence-electron chi connectivity index (χ0n) is 28.0. The number of aliphatic hydroxyl groups is 1. The summed E-state index contributed by atoms with van der Waals surface area (Å²) >= 11 is 0. The van der Waals surface area contributed by atoms with Crippen LogP contribution < -0.4 is 15.6 Å². The number of aryl methyl sites for hydroxylation is 2. The summed E-state index contributed by atoms with van der Waals surface area (Å²) in [5.74, 6) is 1.92. The number of piperidine rings is 1. The van der Waals surface area contributed by atoms with E-state index in [2.05, 4.69) is 17.4 Å². The number of rotatable bonds is 8. The molecule has 1 saturated carbocycles. The summed E-state index contributed by atoms with van der Waals surface area (Å²) in [5, 5.41) is 14.9. The van der Waals surface area contributed by atoms with Gasteiger partial charge < -0.3 is 19.7 Å². The number of ether oxygens (including phenoxy) is 1. The highest BCUT2D eigenvalue weighted by Crippen LogP contribution is 2.52. The van der Waals surface area contributed by atoms with Gasteiger partial charge in [-0.2, -0.15) is 0 Å². The number of hydrogen-bond acceptors (Lipinski definition) is 6. The van der Waals surface area contributed by atoms with Gasteiger partial charge >= 0.3 is 0 Å². The van der Waals surface area contributed by atoms with Crippen LogP contribution >= 0.6 is 0 Å². The molecule has 1 saturated heterocycles. The third-order valence-electron chi connectivity index (χ3n) is 10.3. The van der Waals surface area contributed by atoms with Gasteiger partial charge in [0.25, 0.3) is 15.6 Å². The van der Waals surface area contributed by atoms with E-state index < -0.39 is 21.2 Å². The zero-order valence-corrected chi connectivity index (χ0v) is 28.8. The van der Waals surface area contributed by atoms with Gasteiger partial charge in [-0.1, -0.05) is 35.9 Å². The second kappa shape index (κ2) is 12.1. The first-order valence-corrected chi connectivity index (χ1v) is 18.1. The van der Waals surface area contributed by atoms with Crippen molar-refractivity contribution in [3.05, 3.63) is 112 Å². The van der Waals surface area contributed by atoms with Crippen molar-refractivity contribution >= 4 is 20.9 Å². The first kappa shape index (κ1) is 32.4. The number of nitrogens with zero attached hydrogens (tertiary/aromatic N) is 2. The van der Waals surface area contributed by atoms with Gasteiger partial charge in [0.15, 0.2) is 0 Å². The lowest BCUT2D eigenvalue weighted by molar-refractivity contribution is 0.0221. The fraction of sp³-hybridized carbons (Fsp3) is 0.359. The van der Waals surface area contributed by atoms with Crippen molar-refractivity contribution in [1.82, 2.24) is 13.9 Å². The summed E-state index contributed by atoms with van der Waals surface area (Å²) in [7, 11) is -2.45. The van der Waals surface area contributed by atoms with Crippen LogP contribution in [0.2, 0.25) is 0 Å². The van der Waals surface area contributed by atoms with Gasteiger partial charge in [-0.3, -0.25) is 4.79 Å². The maximum absolute atomic E-state index is 13.8. The number of benzene rings is 3. The summed E-state index contributed by atoms with van der Waals surface area (Å²) in [5.41, 5.74) is 3.14. The average molecular weight is 666 g/mol. The molecule has 3 heterocycles. The Morgan fingerprint density at radius 1 is 0.958 bits per heavy atom. The summed E-state index contributed by atoms with van der Waals surface area (Å²) in [6.07, 6.45) is 9.40. The molecule has 2 N–H and O–H groups in total. The molecule has 0 atom stereocenters. The topological polar surface area (TPSA) is 103 Å². The quantitative estimate of drug-likeness (QED) is 0.187. The van der Waals surface area contributed by atoms with Crippen LogP contribution in [0.25, 0.3) is 22.0 Å². The van der Waals surface area contributed by atoms with Crippen LogP contribution in [0.15, 0.2) is 94.9 Å². The lowest BCUT2D eigenvalue weighted by atomic mass is 9.56. The Balaban J connectivity index is 1.24. The van der Waals surface area contributed by atoms with Crippen molar-refractivity contribution in [2.75, 3.05) is 13.1 Å². The molecule has 48 heavy (non-hydrogen) atoms. The third-order valence-corrected chi connectivity index (χ3v) is 12.0.